The lowest BCUT2D eigenvalue weighted by Crippen LogP contribution is -2.52. The lowest BCUT2D eigenvalue weighted by molar-refractivity contribution is -0.308. The summed E-state index contributed by atoms with van der Waals surface area (Å²) < 4.78 is 120. The quantitative estimate of drug-likeness (QED) is 0.520. The van der Waals surface area contributed by atoms with Crippen molar-refractivity contribution in [2.45, 2.75) is 44.0 Å². The highest BCUT2D eigenvalue weighted by Crippen LogP contribution is 2.37. The van der Waals surface area contributed by atoms with Gasteiger partial charge in [0, 0.05) is 51.5 Å². The molecule has 0 bridgehead atoms. The van der Waals surface area contributed by atoms with Gasteiger partial charge in [0.15, 0.2) is 0 Å². The van der Waals surface area contributed by atoms with Crippen molar-refractivity contribution in [3.63, 3.8) is 0 Å². The third-order valence-corrected chi connectivity index (χ3v) is 6.36. The van der Waals surface area contributed by atoms with Crippen LogP contribution < -0.4 is 4.90 Å². The van der Waals surface area contributed by atoms with Crippen LogP contribution >= 0.6 is 0 Å². The van der Waals surface area contributed by atoms with Crippen LogP contribution in [0.25, 0.3) is 0 Å². The molecule has 1 amide bonds. The Morgan fingerprint density at radius 3 is 1.89 bits per heavy atom. The minimum Gasteiger partial charge on any atom is -0.481 e. The van der Waals surface area contributed by atoms with Crippen molar-refractivity contribution >= 4 is 17.7 Å². The maximum Gasteiger partial charge on any atom is 0.434 e. The van der Waals surface area contributed by atoms with E-state index in [9.17, 15) is 49.1 Å². The van der Waals surface area contributed by atoms with Crippen LogP contribution in [0.15, 0.2) is 18.2 Å². The molecule has 2 heterocycles. The zero-order chi connectivity index (χ0) is 28.5. The van der Waals surface area contributed by atoms with Crippen LogP contribution in [0.5, 0.6) is 0 Å². The molecular weight excluding hydrogens is 541 g/mol. The number of carboxylic acids is 1. The van der Waals surface area contributed by atoms with Gasteiger partial charge < -0.3 is 19.6 Å². The summed E-state index contributed by atoms with van der Waals surface area (Å²) in [5.41, 5.74) is -0.412. The van der Waals surface area contributed by atoms with E-state index < -0.39 is 48.2 Å². The summed E-state index contributed by atoms with van der Waals surface area (Å²) in [7, 11) is 0. The largest absolute Gasteiger partial charge is 0.481 e. The van der Waals surface area contributed by atoms with E-state index in [1.54, 1.807) is 9.80 Å². The fraction of sp³-hybridized carbons (Fsp3) is 0.636. The number of halogens is 9. The standard InChI is InChI=1S/C22H24F9N3O4/c23-20(24,25)15-9-13(10-16(11-15)33-3-1-14(2-4-33)17(35)36)12-32-5-7-34(8-6-32)19(37)38-18(21(26,27)28)22(29,30)31/h9-11,14,18H,1-8,12H2,(H,35,36). The first kappa shape index (κ1) is 29.6. The molecule has 0 aliphatic carbocycles. The van der Waals surface area contributed by atoms with E-state index in [-0.39, 0.29) is 69.9 Å². The first-order chi connectivity index (χ1) is 17.4. The minimum atomic E-state index is -5.85. The van der Waals surface area contributed by atoms with Gasteiger partial charge in [-0.15, -0.1) is 0 Å². The van der Waals surface area contributed by atoms with E-state index in [4.69, 9.17) is 5.11 Å². The van der Waals surface area contributed by atoms with E-state index >= 15 is 0 Å². The highest BCUT2D eigenvalue weighted by Gasteiger charge is 2.60. The summed E-state index contributed by atoms with van der Waals surface area (Å²) in [6.45, 7) is -0.198. The summed E-state index contributed by atoms with van der Waals surface area (Å²) in [5.74, 6) is -1.55. The Morgan fingerprint density at radius 1 is 0.868 bits per heavy atom. The van der Waals surface area contributed by atoms with Crippen LogP contribution in [0.2, 0.25) is 0 Å². The summed E-state index contributed by atoms with van der Waals surface area (Å²) in [6.07, 6.45) is -21.9. The van der Waals surface area contributed by atoms with Gasteiger partial charge >= 0.3 is 30.6 Å². The minimum absolute atomic E-state index is 0.0286. The summed E-state index contributed by atoms with van der Waals surface area (Å²) in [4.78, 5) is 27.0. The Balaban J connectivity index is 1.65. The van der Waals surface area contributed by atoms with Crippen LogP contribution in [-0.4, -0.2) is 84.7 Å². The number of hydrogen-bond acceptors (Lipinski definition) is 5. The lowest BCUT2D eigenvalue weighted by atomic mass is 9.96. The van der Waals surface area contributed by atoms with Crippen LogP contribution in [0.3, 0.4) is 0 Å². The smallest absolute Gasteiger partial charge is 0.434 e. The fourth-order valence-corrected chi connectivity index (χ4v) is 4.34. The zero-order valence-corrected chi connectivity index (χ0v) is 19.7. The van der Waals surface area contributed by atoms with Gasteiger partial charge in [0.25, 0.3) is 6.10 Å². The van der Waals surface area contributed by atoms with Crippen molar-refractivity contribution < 1.29 is 58.9 Å². The Morgan fingerprint density at radius 2 is 1.42 bits per heavy atom. The number of piperazine rings is 1. The third kappa shape index (κ3) is 7.57. The predicted molar refractivity (Wildman–Crippen MR) is 113 cm³/mol. The van der Waals surface area contributed by atoms with E-state index in [0.29, 0.717) is 4.90 Å². The van der Waals surface area contributed by atoms with Crippen molar-refractivity contribution in [2.75, 3.05) is 44.2 Å². The molecule has 214 valence electrons. The molecule has 1 aromatic rings. The number of carbonyl (C=O) groups excluding carboxylic acids is 1. The molecule has 0 saturated carbocycles. The first-order valence-corrected chi connectivity index (χ1v) is 11.5. The molecule has 2 saturated heterocycles. The van der Waals surface area contributed by atoms with E-state index in [1.165, 1.54) is 6.07 Å². The summed E-state index contributed by atoms with van der Waals surface area (Å²) in [5, 5.41) is 9.13. The summed E-state index contributed by atoms with van der Waals surface area (Å²) in [6, 6.07) is 3.43. The van der Waals surface area contributed by atoms with E-state index in [2.05, 4.69) is 4.74 Å². The number of ether oxygens (including phenoxy) is 1. The van der Waals surface area contributed by atoms with Crippen molar-refractivity contribution in [3.05, 3.63) is 29.3 Å². The number of piperidine rings is 1. The number of rotatable bonds is 5. The second-order valence-corrected chi connectivity index (χ2v) is 9.10. The average molecular weight is 565 g/mol. The topological polar surface area (TPSA) is 73.3 Å². The molecule has 0 unspecified atom stereocenters. The molecular formula is C22H24F9N3O4. The van der Waals surface area contributed by atoms with Gasteiger partial charge in [-0.25, -0.2) is 4.79 Å². The third-order valence-electron chi connectivity index (χ3n) is 6.36. The van der Waals surface area contributed by atoms with Gasteiger partial charge in [0.1, 0.15) is 0 Å². The maximum atomic E-state index is 13.5. The van der Waals surface area contributed by atoms with Crippen molar-refractivity contribution in [1.29, 1.82) is 0 Å². The number of aliphatic carboxylic acids is 1. The van der Waals surface area contributed by atoms with Gasteiger partial charge in [0.2, 0.25) is 0 Å². The normalized spacial score (nSPS) is 18.7. The molecule has 3 rings (SSSR count). The molecule has 2 aliphatic heterocycles. The molecule has 0 aromatic heterocycles. The number of anilines is 1. The molecule has 1 N–H and O–H groups in total. The van der Waals surface area contributed by atoms with E-state index in [0.717, 1.165) is 12.1 Å². The van der Waals surface area contributed by atoms with Gasteiger partial charge in [-0.1, -0.05) is 0 Å². The molecule has 1 aromatic carbocycles. The molecule has 16 heteroatoms. The highest BCUT2D eigenvalue weighted by molar-refractivity contribution is 5.70. The van der Waals surface area contributed by atoms with Crippen LogP contribution in [0, 0.1) is 5.92 Å². The molecule has 38 heavy (non-hydrogen) atoms. The Kier molecular flexibility index (Phi) is 8.63. The molecule has 0 spiro atoms. The molecule has 2 fully saturated rings. The average Bonchev–Trinajstić information content (AvgIpc) is 2.80. The number of carboxylic acid groups (broad SMARTS) is 1. The summed E-state index contributed by atoms with van der Waals surface area (Å²) >= 11 is 0. The van der Waals surface area contributed by atoms with Gasteiger partial charge in [-0.05, 0) is 36.6 Å². The molecule has 0 radical (unpaired) electrons. The fourth-order valence-electron chi connectivity index (χ4n) is 4.34. The Labute approximate surface area is 210 Å². The van der Waals surface area contributed by atoms with Gasteiger partial charge in [-0.3, -0.25) is 9.69 Å². The van der Waals surface area contributed by atoms with Crippen molar-refractivity contribution in [2.24, 2.45) is 5.92 Å². The van der Waals surface area contributed by atoms with Crippen LogP contribution in [0.4, 0.5) is 50.0 Å². The monoisotopic (exact) mass is 565 g/mol. The maximum absolute atomic E-state index is 13.5. The number of alkyl halides is 9. The second-order valence-electron chi connectivity index (χ2n) is 9.10. The van der Waals surface area contributed by atoms with Gasteiger partial charge in [0.05, 0.1) is 11.5 Å². The molecule has 0 atom stereocenters. The molecule has 7 nitrogen and oxygen atoms in total. The van der Waals surface area contributed by atoms with Crippen molar-refractivity contribution in [3.8, 4) is 0 Å². The number of hydrogen-bond donors (Lipinski definition) is 1. The van der Waals surface area contributed by atoms with Gasteiger partial charge in [-0.2, -0.15) is 39.5 Å². The number of benzene rings is 1. The Hall–Kier alpha value is -2.91. The molecule has 2 aliphatic rings. The van der Waals surface area contributed by atoms with Crippen molar-refractivity contribution in [1.82, 2.24) is 9.80 Å². The highest BCUT2D eigenvalue weighted by atomic mass is 19.4. The first-order valence-electron chi connectivity index (χ1n) is 11.5. The number of nitrogens with zero attached hydrogens (tertiary/aromatic N) is 3. The van der Waals surface area contributed by atoms with Crippen LogP contribution in [0.1, 0.15) is 24.0 Å². The van der Waals surface area contributed by atoms with E-state index in [1.807, 2.05) is 0 Å². The number of amides is 1. The van der Waals surface area contributed by atoms with Crippen LogP contribution in [-0.2, 0) is 22.3 Å². The number of carbonyl (C=O) groups is 2. The lowest BCUT2D eigenvalue weighted by Gasteiger charge is -2.36. The SMILES string of the molecule is O=C(O)C1CCN(c2cc(CN3CCN(C(=O)OC(C(F)(F)F)C(F)(F)F)CC3)cc(C(F)(F)F)c2)CC1. The Bertz CT molecular complexity index is 983. The second kappa shape index (κ2) is 11.1. The predicted octanol–water partition coefficient (Wildman–Crippen LogP) is 4.75. The zero-order valence-electron chi connectivity index (χ0n) is 19.7.